The maximum atomic E-state index is 4.71. The number of benzene rings is 3. The van der Waals surface area contributed by atoms with Crippen molar-refractivity contribution in [2.24, 2.45) is 0 Å². The van der Waals surface area contributed by atoms with E-state index in [9.17, 15) is 0 Å². The first-order chi connectivity index (χ1) is 13.9. The van der Waals surface area contributed by atoms with Crippen LogP contribution in [0.4, 0.5) is 0 Å². The van der Waals surface area contributed by atoms with Gasteiger partial charge >= 0.3 is 0 Å². The van der Waals surface area contributed by atoms with Crippen molar-refractivity contribution in [3.63, 3.8) is 0 Å². The molecule has 28 heavy (non-hydrogen) atoms. The van der Waals surface area contributed by atoms with Crippen LogP contribution in [0.25, 0.3) is 6.08 Å². The standard InChI is InChI=1S/C24H20BrN3/c25-18-10-17-23-26-19-27-28(23)24(20-11-4-1-5-12-20,21-13-6-2-7-14-21)22-15-8-3-9-16-22/h1-17,19H,18H2. The number of alkyl halides is 1. The molecule has 1 heterocycles. The summed E-state index contributed by atoms with van der Waals surface area (Å²) in [6, 6.07) is 31.5. The minimum Gasteiger partial charge on any atom is -0.227 e. The molecule has 138 valence electrons. The molecule has 0 bridgehead atoms. The zero-order chi connectivity index (χ0) is 19.2. The van der Waals surface area contributed by atoms with Gasteiger partial charge in [-0.05, 0) is 22.8 Å². The molecular formula is C24H20BrN3. The minimum atomic E-state index is -0.633. The molecular weight excluding hydrogens is 410 g/mol. The van der Waals surface area contributed by atoms with Crippen molar-refractivity contribution in [2.75, 3.05) is 5.33 Å². The lowest BCUT2D eigenvalue weighted by molar-refractivity contribution is 0.455. The van der Waals surface area contributed by atoms with E-state index in [4.69, 9.17) is 5.10 Å². The van der Waals surface area contributed by atoms with Crippen LogP contribution in [0.5, 0.6) is 0 Å². The Bertz CT molecular complexity index is 944. The minimum absolute atomic E-state index is 0.633. The molecule has 0 unspecified atom stereocenters. The van der Waals surface area contributed by atoms with Crippen molar-refractivity contribution in [2.45, 2.75) is 5.54 Å². The largest absolute Gasteiger partial charge is 0.227 e. The van der Waals surface area contributed by atoms with Crippen LogP contribution in [0.1, 0.15) is 22.5 Å². The number of aromatic nitrogens is 3. The summed E-state index contributed by atoms with van der Waals surface area (Å²) in [7, 11) is 0. The van der Waals surface area contributed by atoms with Crippen molar-refractivity contribution in [1.82, 2.24) is 14.8 Å². The number of hydrogen-bond acceptors (Lipinski definition) is 2. The fourth-order valence-corrected chi connectivity index (χ4v) is 3.86. The first kappa shape index (κ1) is 18.4. The van der Waals surface area contributed by atoms with E-state index in [1.165, 1.54) is 0 Å². The van der Waals surface area contributed by atoms with Gasteiger partial charge < -0.3 is 0 Å². The molecule has 0 N–H and O–H groups in total. The summed E-state index contributed by atoms with van der Waals surface area (Å²) in [6.07, 6.45) is 5.66. The lowest BCUT2D eigenvalue weighted by Crippen LogP contribution is -2.39. The molecule has 0 spiro atoms. The predicted octanol–water partition coefficient (Wildman–Crippen LogP) is 5.53. The molecule has 4 heteroatoms. The summed E-state index contributed by atoms with van der Waals surface area (Å²) >= 11 is 3.46. The highest BCUT2D eigenvalue weighted by atomic mass is 79.9. The zero-order valence-electron chi connectivity index (χ0n) is 15.3. The van der Waals surface area contributed by atoms with Gasteiger partial charge in [0.15, 0.2) is 5.82 Å². The van der Waals surface area contributed by atoms with Crippen LogP contribution >= 0.6 is 15.9 Å². The Morgan fingerprint density at radius 1 is 0.750 bits per heavy atom. The van der Waals surface area contributed by atoms with Crippen LogP contribution in [0, 0.1) is 0 Å². The summed E-state index contributed by atoms with van der Waals surface area (Å²) in [5, 5.41) is 5.47. The highest BCUT2D eigenvalue weighted by Crippen LogP contribution is 2.40. The molecule has 0 aliphatic rings. The van der Waals surface area contributed by atoms with E-state index in [1.807, 2.05) is 35.0 Å². The number of nitrogens with zero attached hydrogens (tertiary/aromatic N) is 3. The predicted molar refractivity (Wildman–Crippen MR) is 117 cm³/mol. The molecule has 0 aliphatic heterocycles. The average molecular weight is 430 g/mol. The summed E-state index contributed by atoms with van der Waals surface area (Å²) in [6.45, 7) is 0. The molecule has 0 fully saturated rings. The first-order valence-corrected chi connectivity index (χ1v) is 10.3. The highest BCUT2D eigenvalue weighted by Gasteiger charge is 2.40. The molecule has 0 radical (unpaired) electrons. The monoisotopic (exact) mass is 429 g/mol. The molecule has 0 saturated carbocycles. The second kappa shape index (κ2) is 8.36. The van der Waals surface area contributed by atoms with Gasteiger partial charge in [-0.3, -0.25) is 0 Å². The summed E-state index contributed by atoms with van der Waals surface area (Å²) in [4.78, 5) is 4.54. The molecule has 1 aromatic heterocycles. The lowest BCUT2D eigenvalue weighted by atomic mass is 9.77. The van der Waals surface area contributed by atoms with E-state index in [-0.39, 0.29) is 0 Å². The fraction of sp³-hybridized carbons (Fsp3) is 0.0833. The Morgan fingerprint density at radius 2 is 1.21 bits per heavy atom. The fourth-order valence-electron chi connectivity index (χ4n) is 3.68. The van der Waals surface area contributed by atoms with Gasteiger partial charge in [-0.2, -0.15) is 5.10 Å². The van der Waals surface area contributed by atoms with Crippen LogP contribution in [0.2, 0.25) is 0 Å². The molecule has 3 aromatic carbocycles. The maximum Gasteiger partial charge on any atom is 0.152 e. The number of hydrogen-bond donors (Lipinski definition) is 0. The van der Waals surface area contributed by atoms with Gasteiger partial charge in [0.05, 0.1) is 0 Å². The number of halogens is 1. The van der Waals surface area contributed by atoms with Gasteiger partial charge in [0.2, 0.25) is 0 Å². The van der Waals surface area contributed by atoms with E-state index in [2.05, 4.69) is 93.7 Å². The van der Waals surface area contributed by atoms with Crippen LogP contribution in [-0.4, -0.2) is 20.1 Å². The molecule has 0 amide bonds. The maximum absolute atomic E-state index is 4.71. The smallest absolute Gasteiger partial charge is 0.152 e. The highest BCUT2D eigenvalue weighted by molar-refractivity contribution is 9.09. The first-order valence-electron chi connectivity index (χ1n) is 9.17. The third-order valence-electron chi connectivity index (χ3n) is 4.82. The molecule has 4 rings (SSSR count). The van der Waals surface area contributed by atoms with Crippen LogP contribution in [0.3, 0.4) is 0 Å². The van der Waals surface area contributed by atoms with Gasteiger partial charge in [0.25, 0.3) is 0 Å². The van der Waals surface area contributed by atoms with Crippen molar-refractivity contribution in [3.8, 4) is 0 Å². The molecule has 0 atom stereocenters. The SMILES string of the molecule is BrCC=Cc1ncnn1C(c1ccccc1)(c1ccccc1)c1ccccc1. The summed E-state index contributed by atoms with van der Waals surface area (Å²) < 4.78 is 2.02. The van der Waals surface area contributed by atoms with Crippen molar-refractivity contribution in [3.05, 3.63) is 126 Å². The summed E-state index contributed by atoms with van der Waals surface area (Å²) in [5.41, 5.74) is 2.76. The van der Waals surface area contributed by atoms with Crippen molar-refractivity contribution >= 4 is 22.0 Å². The van der Waals surface area contributed by atoms with Crippen molar-refractivity contribution < 1.29 is 0 Å². The third-order valence-corrected chi connectivity index (χ3v) is 5.20. The second-order valence-electron chi connectivity index (χ2n) is 6.40. The van der Waals surface area contributed by atoms with Crippen LogP contribution < -0.4 is 0 Å². The Hall–Kier alpha value is -2.98. The van der Waals surface area contributed by atoms with Crippen molar-refractivity contribution in [1.29, 1.82) is 0 Å². The van der Waals surface area contributed by atoms with Gasteiger partial charge in [-0.15, -0.1) is 0 Å². The number of allylic oxidation sites excluding steroid dienone is 1. The lowest BCUT2D eigenvalue weighted by Gasteiger charge is -2.36. The van der Waals surface area contributed by atoms with Crippen LogP contribution in [0.15, 0.2) is 103 Å². The van der Waals surface area contributed by atoms with E-state index >= 15 is 0 Å². The van der Waals surface area contributed by atoms with Gasteiger partial charge in [0.1, 0.15) is 11.9 Å². The average Bonchev–Trinajstić information content (AvgIpc) is 3.24. The van der Waals surface area contributed by atoms with Gasteiger partial charge in [-0.1, -0.05) is 113 Å². The second-order valence-corrected chi connectivity index (χ2v) is 7.04. The zero-order valence-corrected chi connectivity index (χ0v) is 16.9. The van der Waals surface area contributed by atoms with Gasteiger partial charge in [-0.25, -0.2) is 9.67 Å². The van der Waals surface area contributed by atoms with Crippen LogP contribution in [-0.2, 0) is 5.54 Å². The van der Waals surface area contributed by atoms with Gasteiger partial charge in [0, 0.05) is 5.33 Å². The Kier molecular flexibility index (Phi) is 5.49. The van der Waals surface area contributed by atoms with E-state index in [0.717, 1.165) is 27.8 Å². The molecule has 4 aromatic rings. The van der Waals surface area contributed by atoms with E-state index in [0.29, 0.717) is 0 Å². The van der Waals surface area contributed by atoms with E-state index in [1.54, 1.807) is 6.33 Å². The quantitative estimate of drug-likeness (QED) is 0.298. The Labute approximate surface area is 173 Å². The molecule has 0 saturated heterocycles. The summed E-state index contributed by atoms with van der Waals surface area (Å²) in [5.74, 6) is 0.802. The van der Waals surface area contributed by atoms with E-state index < -0.39 is 5.54 Å². The topological polar surface area (TPSA) is 30.7 Å². The number of rotatable bonds is 6. The normalized spacial score (nSPS) is 11.8. The Balaban J connectivity index is 2.11. The Morgan fingerprint density at radius 3 is 1.64 bits per heavy atom. The molecule has 3 nitrogen and oxygen atoms in total. The molecule has 0 aliphatic carbocycles. The third kappa shape index (κ3) is 3.20.